The summed E-state index contributed by atoms with van der Waals surface area (Å²) >= 11 is 2.10. The summed E-state index contributed by atoms with van der Waals surface area (Å²) in [5, 5.41) is 13.1. The second-order valence-corrected chi connectivity index (χ2v) is 6.82. The van der Waals surface area contributed by atoms with E-state index in [9.17, 15) is 5.11 Å². The van der Waals surface area contributed by atoms with Gasteiger partial charge in [-0.2, -0.15) is 0 Å². The molecule has 1 fully saturated rings. The van der Waals surface area contributed by atoms with Gasteiger partial charge in [-0.05, 0) is 53.1 Å². The molecule has 0 aliphatic carbocycles. The van der Waals surface area contributed by atoms with E-state index in [0.29, 0.717) is 12.4 Å². The van der Waals surface area contributed by atoms with E-state index in [2.05, 4.69) is 42.9 Å². The molecule has 0 saturated carbocycles. The summed E-state index contributed by atoms with van der Waals surface area (Å²) in [5.74, 6) is 0.959. The molecule has 1 atom stereocenters. The maximum Gasteiger partial charge on any atom is 0.167 e. The monoisotopic (exact) mass is 437 g/mol. The number of phenolic OH excluding ortho intramolecular Hbond substituents is 1. The van der Waals surface area contributed by atoms with Crippen molar-refractivity contribution in [2.24, 2.45) is 0 Å². The number of fused-ring (bicyclic) bond motifs is 1. The summed E-state index contributed by atoms with van der Waals surface area (Å²) in [6.45, 7) is 1.32. The zero-order chi connectivity index (χ0) is 16.5. The summed E-state index contributed by atoms with van der Waals surface area (Å²) in [6, 6.07) is 5.60. The van der Waals surface area contributed by atoms with Crippen LogP contribution in [-0.2, 0) is 11.3 Å². The van der Waals surface area contributed by atoms with Gasteiger partial charge in [-0.15, -0.1) is 0 Å². The number of imidazole rings is 1. The minimum Gasteiger partial charge on any atom is -0.507 e. The van der Waals surface area contributed by atoms with Crippen LogP contribution in [0.15, 0.2) is 30.9 Å². The molecule has 0 amide bonds. The average Bonchev–Trinajstić information content (AvgIpc) is 3.24. The van der Waals surface area contributed by atoms with Crippen molar-refractivity contribution < 1.29 is 9.84 Å². The molecule has 4 rings (SSSR count). The summed E-state index contributed by atoms with van der Waals surface area (Å²) in [6.07, 6.45) is 5.32. The molecule has 1 aliphatic heterocycles. The molecule has 124 valence electrons. The van der Waals surface area contributed by atoms with Crippen molar-refractivity contribution in [3.63, 3.8) is 0 Å². The first kappa shape index (κ1) is 15.6. The fourth-order valence-electron chi connectivity index (χ4n) is 2.83. The van der Waals surface area contributed by atoms with Crippen molar-refractivity contribution in [3.05, 3.63) is 40.0 Å². The van der Waals surface area contributed by atoms with Crippen molar-refractivity contribution in [1.82, 2.24) is 19.5 Å². The van der Waals surface area contributed by atoms with Gasteiger partial charge in [-0.3, -0.25) is 4.57 Å². The average molecular weight is 437 g/mol. The number of aromatic hydroxyl groups is 1. The van der Waals surface area contributed by atoms with Gasteiger partial charge in [0.1, 0.15) is 18.3 Å². The lowest BCUT2D eigenvalue weighted by Crippen LogP contribution is -2.07. The number of halogens is 1. The third-order valence-corrected chi connectivity index (χ3v) is 4.96. The fourth-order valence-corrected chi connectivity index (χ4v) is 3.16. The van der Waals surface area contributed by atoms with Crippen LogP contribution in [0, 0.1) is 3.57 Å². The Kier molecular flexibility index (Phi) is 4.23. The number of rotatable bonds is 4. The lowest BCUT2D eigenvalue weighted by molar-refractivity contribution is 0.0593. The van der Waals surface area contributed by atoms with E-state index in [1.54, 1.807) is 12.4 Å². The molecular formula is C16H16IN5O2. The molecule has 0 bridgehead atoms. The standard InChI is InChI=1S/C16H16IN5O2/c17-11-4-3-10(6-12(11)23)7-18-15-14-16(20-8-19-15)22(9-21-14)13-2-1-5-24-13/h3-4,6,8-9,13,23H,1-2,5,7H2,(H,18,19,20). The molecule has 1 unspecified atom stereocenters. The molecule has 1 aliphatic rings. The highest BCUT2D eigenvalue weighted by Gasteiger charge is 2.21. The van der Waals surface area contributed by atoms with E-state index in [4.69, 9.17) is 4.74 Å². The lowest BCUT2D eigenvalue weighted by atomic mass is 10.2. The Labute approximate surface area is 152 Å². The SMILES string of the molecule is Oc1cc(CNc2ncnc3c2ncn3C2CCCO2)ccc1I. The molecule has 0 spiro atoms. The second kappa shape index (κ2) is 6.52. The number of hydrogen-bond donors (Lipinski definition) is 2. The quantitative estimate of drug-likeness (QED) is 0.611. The second-order valence-electron chi connectivity index (χ2n) is 5.65. The number of hydrogen-bond acceptors (Lipinski definition) is 6. The predicted octanol–water partition coefficient (Wildman–Crippen LogP) is 3.06. The zero-order valence-corrected chi connectivity index (χ0v) is 15.0. The van der Waals surface area contributed by atoms with Crippen LogP contribution in [0.25, 0.3) is 11.2 Å². The van der Waals surface area contributed by atoms with Gasteiger partial charge in [-0.25, -0.2) is 15.0 Å². The number of phenols is 1. The number of nitrogens with one attached hydrogen (secondary N) is 1. The van der Waals surface area contributed by atoms with E-state index < -0.39 is 0 Å². The smallest absolute Gasteiger partial charge is 0.167 e. The van der Waals surface area contributed by atoms with Gasteiger partial charge in [0.05, 0.1) is 9.90 Å². The first-order valence-corrected chi connectivity index (χ1v) is 8.80. The Hall–Kier alpha value is -1.94. The number of aromatic nitrogens is 4. The summed E-state index contributed by atoms with van der Waals surface area (Å²) in [7, 11) is 0. The van der Waals surface area contributed by atoms with Gasteiger partial charge in [0.25, 0.3) is 0 Å². The van der Waals surface area contributed by atoms with Gasteiger partial charge in [-0.1, -0.05) is 6.07 Å². The normalized spacial score (nSPS) is 17.5. The van der Waals surface area contributed by atoms with Crippen LogP contribution in [0.2, 0.25) is 0 Å². The third kappa shape index (κ3) is 2.91. The first-order chi connectivity index (χ1) is 11.7. The van der Waals surface area contributed by atoms with Gasteiger partial charge in [0.2, 0.25) is 0 Å². The minimum atomic E-state index is 0.00546. The van der Waals surface area contributed by atoms with Crippen molar-refractivity contribution in [1.29, 1.82) is 0 Å². The van der Waals surface area contributed by atoms with E-state index in [-0.39, 0.29) is 12.0 Å². The van der Waals surface area contributed by atoms with Crippen LogP contribution in [0.5, 0.6) is 5.75 Å². The molecule has 8 heteroatoms. The minimum absolute atomic E-state index is 0.00546. The van der Waals surface area contributed by atoms with Crippen LogP contribution < -0.4 is 5.32 Å². The number of ether oxygens (including phenoxy) is 1. The zero-order valence-electron chi connectivity index (χ0n) is 12.8. The highest BCUT2D eigenvalue weighted by atomic mass is 127. The molecule has 2 N–H and O–H groups in total. The number of benzene rings is 1. The highest BCUT2D eigenvalue weighted by Crippen LogP contribution is 2.28. The molecule has 2 aromatic heterocycles. The van der Waals surface area contributed by atoms with Gasteiger partial charge in [0, 0.05) is 13.2 Å². The van der Waals surface area contributed by atoms with E-state index in [0.717, 1.165) is 39.7 Å². The Morgan fingerprint density at radius 3 is 3.04 bits per heavy atom. The molecular weight excluding hydrogens is 421 g/mol. The van der Waals surface area contributed by atoms with E-state index >= 15 is 0 Å². The molecule has 24 heavy (non-hydrogen) atoms. The Morgan fingerprint density at radius 2 is 2.25 bits per heavy atom. The fraction of sp³-hybridized carbons (Fsp3) is 0.312. The van der Waals surface area contributed by atoms with Crippen molar-refractivity contribution in [2.75, 3.05) is 11.9 Å². The molecule has 0 radical (unpaired) electrons. The largest absolute Gasteiger partial charge is 0.507 e. The van der Waals surface area contributed by atoms with Crippen molar-refractivity contribution >= 4 is 39.6 Å². The Bertz CT molecular complexity index is 876. The summed E-state index contributed by atoms with van der Waals surface area (Å²) in [4.78, 5) is 13.1. The van der Waals surface area contributed by atoms with Crippen molar-refractivity contribution in [3.8, 4) is 5.75 Å². The molecule has 1 saturated heterocycles. The topological polar surface area (TPSA) is 85.1 Å². The first-order valence-electron chi connectivity index (χ1n) is 7.73. The van der Waals surface area contributed by atoms with E-state index in [1.165, 1.54) is 6.33 Å². The molecule has 3 heterocycles. The van der Waals surface area contributed by atoms with Crippen molar-refractivity contribution in [2.45, 2.75) is 25.6 Å². The lowest BCUT2D eigenvalue weighted by Gasteiger charge is -2.11. The molecule has 7 nitrogen and oxygen atoms in total. The number of nitrogens with zero attached hydrogens (tertiary/aromatic N) is 4. The Morgan fingerprint density at radius 1 is 1.33 bits per heavy atom. The molecule has 1 aromatic carbocycles. The maximum atomic E-state index is 9.80. The molecule has 3 aromatic rings. The van der Waals surface area contributed by atoms with E-state index in [1.807, 2.05) is 16.7 Å². The highest BCUT2D eigenvalue weighted by molar-refractivity contribution is 14.1. The third-order valence-electron chi connectivity index (χ3n) is 4.05. The summed E-state index contributed by atoms with van der Waals surface area (Å²) < 4.78 is 8.51. The van der Waals surface area contributed by atoms with Crippen LogP contribution in [0.3, 0.4) is 0 Å². The summed E-state index contributed by atoms with van der Waals surface area (Å²) in [5.41, 5.74) is 2.46. The van der Waals surface area contributed by atoms with Crippen LogP contribution >= 0.6 is 22.6 Å². The van der Waals surface area contributed by atoms with Crippen LogP contribution in [0.1, 0.15) is 24.6 Å². The van der Waals surface area contributed by atoms with Gasteiger partial charge >= 0.3 is 0 Å². The van der Waals surface area contributed by atoms with Gasteiger partial charge < -0.3 is 15.2 Å². The maximum absolute atomic E-state index is 9.80. The number of anilines is 1. The predicted molar refractivity (Wildman–Crippen MR) is 97.7 cm³/mol. The van der Waals surface area contributed by atoms with Crippen LogP contribution in [0.4, 0.5) is 5.82 Å². The van der Waals surface area contributed by atoms with Gasteiger partial charge in [0.15, 0.2) is 17.0 Å². The van der Waals surface area contributed by atoms with Crippen LogP contribution in [-0.4, -0.2) is 31.2 Å². The Balaban J connectivity index is 1.59.